The summed E-state index contributed by atoms with van der Waals surface area (Å²) >= 11 is 0. The summed E-state index contributed by atoms with van der Waals surface area (Å²) in [5, 5.41) is 9.37. The van der Waals surface area contributed by atoms with Gasteiger partial charge in [0.1, 0.15) is 11.4 Å². The number of aromatic amines is 1. The molecule has 1 atom stereocenters. The van der Waals surface area contributed by atoms with Crippen molar-refractivity contribution in [1.82, 2.24) is 20.4 Å². The zero-order valence-corrected chi connectivity index (χ0v) is 17.7. The number of nitrogens with one attached hydrogen (secondary N) is 2. The fourth-order valence-corrected chi connectivity index (χ4v) is 4.34. The Morgan fingerprint density at radius 1 is 1.16 bits per heavy atom. The topological polar surface area (TPSA) is 87.3 Å². The molecule has 2 N–H and O–H groups in total. The Kier molecular flexibility index (Phi) is 5.75. The lowest BCUT2D eigenvalue weighted by molar-refractivity contribution is -0.129. The number of carbonyl (C=O) groups excluding carboxylic acids is 2. The number of amides is 2. The van der Waals surface area contributed by atoms with Gasteiger partial charge in [0.2, 0.25) is 5.91 Å². The van der Waals surface area contributed by atoms with E-state index < -0.39 is 5.41 Å². The summed E-state index contributed by atoms with van der Waals surface area (Å²) in [6, 6.07) is 17.7. The van der Waals surface area contributed by atoms with E-state index in [4.69, 9.17) is 4.74 Å². The number of nitrogens with zero attached hydrogens (tertiary/aromatic N) is 2. The van der Waals surface area contributed by atoms with Crippen molar-refractivity contribution < 1.29 is 14.3 Å². The molecule has 3 aromatic rings. The zero-order valence-electron chi connectivity index (χ0n) is 17.7. The van der Waals surface area contributed by atoms with Crippen molar-refractivity contribution in [2.24, 2.45) is 5.41 Å². The van der Waals surface area contributed by atoms with Gasteiger partial charge in [-0.25, -0.2) is 0 Å². The number of likely N-dealkylation sites (tertiary alicyclic amines) is 1. The highest BCUT2D eigenvalue weighted by molar-refractivity contribution is 5.93. The number of carbonyl (C=O) groups is 2. The van der Waals surface area contributed by atoms with Crippen molar-refractivity contribution in [3.8, 4) is 16.9 Å². The van der Waals surface area contributed by atoms with Gasteiger partial charge in [0.15, 0.2) is 0 Å². The molecule has 1 aliphatic heterocycles. The predicted octanol–water partition coefficient (Wildman–Crippen LogP) is 2.91. The molecule has 1 fully saturated rings. The second kappa shape index (κ2) is 8.63. The van der Waals surface area contributed by atoms with E-state index in [0.717, 1.165) is 22.4 Å². The summed E-state index contributed by atoms with van der Waals surface area (Å²) in [5.41, 5.74) is 2.91. The molecule has 0 aliphatic carbocycles. The number of hydrogen-bond acceptors (Lipinski definition) is 4. The van der Waals surface area contributed by atoms with Crippen LogP contribution >= 0.6 is 0 Å². The minimum atomic E-state index is -0.656. The Morgan fingerprint density at radius 2 is 1.94 bits per heavy atom. The van der Waals surface area contributed by atoms with E-state index in [1.165, 1.54) is 0 Å². The molecule has 0 saturated carbocycles. The van der Waals surface area contributed by atoms with Crippen LogP contribution in [0.5, 0.6) is 5.75 Å². The van der Waals surface area contributed by atoms with E-state index >= 15 is 0 Å². The van der Waals surface area contributed by atoms with Crippen molar-refractivity contribution in [2.45, 2.75) is 12.8 Å². The largest absolute Gasteiger partial charge is 0.496 e. The van der Waals surface area contributed by atoms with Gasteiger partial charge in [-0.05, 0) is 36.1 Å². The van der Waals surface area contributed by atoms with Crippen molar-refractivity contribution in [3.05, 3.63) is 72.1 Å². The van der Waals surface area contributed by atoms with Gasteiger partial charge in [0, 0.05) is 31.9 Å². The first kappa shape index (κ1) is 20.7. The highest BCUT2D eigenvalue weighted by Crippen LogP contribution is 2.36. The van der Waals surface area contributed by atoms with E-state index in [1.807, 2.05) is 48.5 Å². The average molecular weight is 418 g/mol. The molecule has 1 aromatic heterocycles. The summed E-state index contributed by atoms with van der Waals surface area (Å²) in [5.74, 6) is 0.650. The van der Waals surface area contributed by atoms with Crippen LogP contribution in [-0.4, -0.2) is 54.2 Å². The van der Waals surface area contributed by atoms with E-state index in [0.29, 0.717) is 31.6 Å². The highest BCUT2D eigenvalue weighted by atomic mass is 16.5. The molecule has 1 saturated heterocycles. The molecule has 0 spiro atoms. The third-order valence-corrected chi connectivity index (χ3v) is 6.00. The van der Waals surface area contributed by atoms with Crippen molar-refractivity contribution in [1.29, 1.82) is 0 Å². The number of benzene rings is 2. The van der Waals surface area contributed by atoms with Crippen LogP contribution in [0.25, 0.3) is 11.1 Å². The molecule has 31 heavy (non-hydrogen) atoms. The lowest BCUT2D eigenvalue weighted by atomic mass is 9.79. The van der Waals surface area contributed by atoms with Crippen LogP contribution < -0.4 is 10.1 Å². The number of methoxy groups -OCH3 is 1. The molecule has 7 heteroatoms. The molecule has 0 radical (unpaired) electrons. The van der Waals surface area contributed by atoms with Crippen LogP contribution in [0.3, 0.4) is 0 Å². The number of ether oxygens (including phenoxy) is 1. The van der Waals surface area contributed by atoms with Crippen LogP contribution in [0.15, 0.2) is 60.8 Å². The van der Waals surface area contributed by atoms with Gasteiger partial charge in [-0.3, -0.25) is 14.7 Å². The van der Waals surface area contributed by atoms with Crippen LogP contribution in [-0.2, 0) is 11.2 Å². The van der Waals surface area contributed by atoms with Crippen LogP contribution in [0, 0.1) is 5.41 Å². The zero-order chi connectivity index (χ0) is 21.8. The Balaban J connectivity index is 1.55. The minimum Gasteiger partial charge on any atom is -0.496 e. The smallest absolute Gasteiger partial charge is 0.271 e. The lowest BCUT2D eigenvalue weighted by Crippen LogP contribution is -2.44. The van der Waals surface area contributed by atoms with E-state index in [1.54, 1.807) is 31.3 Å². The Labute approximate surface area is 181 Å². The fourth-order valence-electron chi connectivity index (χ4n) is 4.34. The monoisotopic (exact) mass is 418 g/mol. The van der Waals surface area contributed by atoms with Gasteiger partial charge < -0.3 is 15.0 Å². The molecular formula is C24H26N4O3. The first-order chi connectivity index (χ1) is 15.1. The fraction of sp³-hybridized carbons (Fsp3) is 0.292. The molecular weight excluding hydrogens is 392 g/mol. The molecule has 2 amide bonds. The highest BCUT2D eigenvalue weighted by Gasteiger charge is 2.45. The number of para-hydroxylation sites is 1. The lowest BCUT2D eigenvalue weighted by Gasteiger charge is -2.27. The molecule has 1 unspecified atom stereocenters. The maximum absolute atomic E-state index is 12.9. The summed E-state index contributed by atoms with van der Waals surface area (Å²) in [6.07, 6.45) is 2.73. The summed E-state index contributed by atoms with van der Waals surface area (Å²) in [6.45, 7) is 0.906. The minimum absolute atomic E-state index is 0.0405. The van der Waals surface area contributed by atoms with E-state index in [2.05, 4.69) is 15.5 Å². The normalized spacial score (nSPS) is 18.1. The summed E-state index contributed by atoms with van der Waals surface area (Å²) in [7, 11) is 3.31. The van der Waals surface area contributed by atoms with E-state index in [-0.39, 0.29) is 11.8 Å². The Bertz CT molecular complexity index is 1060. The van der Waals surface area contributed by atoms with Crippen LogP contribution in [0.1, 0.15) is 22.5 Å². The summed E-state index contributed by atoms with van der Waals surface area (Å²) in [4.78, 5) is 27.3. The molecule has 2 aromatic carbocycles. The second-order valence-corrected chi connectivity index (χ2v) is 7.88. The van der Waals surface area contributed by atoms with Crippen molar-refractivity contribution in [3.63, 3.8) is 0 Å². The van der Waals surface area contributed by atoms with Gasteiger partial charge in [0.05, 0.1) is 12.5 Å². The average Bonchev–Trinajstić information content (AvgIpc) is 3.50. The van der Waals surface area contributed by atoms with Crippen LogP contribution in [0.2, 0.25) is 0 Å². The second-order valence-electron chi connectivity index (χ2n) is 7.88. The van der Waals surface area contributed by atoms with Crippen molar-refractivity contribution in [2.75, 3.05) is 27.2 Å². The first-order valence-electron chi connectivity index (χ1n) is 10.3. The first-order valence-corrected chi connectivity index (χ1v) is 10.3. The maximum Gasteiger partial charge on any atom is 0.271 e. The van der Waals surface area contributed by atoms with Crippen molar-refractivity contribution >= 4 is 11.8 Å². The number of H-pyrrole nitrogens is 1. The summed E-state index contributed by atoms with van der Waals surface area (Å²) < 4.78 is 5.47. The predicted molar refractivity (Wildman–Crippen MR) is 118 cm³/mol. The van der Waals surface area contributed by atoms with Gasteiger partial charge in [-0.15, -0.1) is 0 Å². The third kappa shape index (κ3) is 4.03. The molecule has 4 rings (SSSR count). The number of aromatic nitrogens is 2. The molecule has 1 aliphatic rings. The van der Waals surface area contributed by atoms with Gasteiger partial charge in [-0.2, -0.15) is 5.10 Å². The number of hydrogen-bond donors (Lipinski definition) is 2. The quantitative estimate of drug-likeness (QED) is 0.644. The maximum atomic E-state index is 12.9. The van der Waals surface area contributed by atoms with E-state index in [9.17, 15) is 9.59 Å². The Hall–Kier alpha value is -3.61. The molecule has 7 nitrogen and oxygen atoms in total. The SMILES string of the molecule is CNC(=O)C1(Cc2ccc(-c3ccccc3OC)cc2)CCN(C(=O)c2ccn[nH]2)C1. The Morgan fingerprint density at radius 3 is 2.61 bits per heavy atom. The molecule has 160 valence electrons. The standard InChI is InChI=1S/C24H26N4O3/c1-25-23(30)24(12-14-28(16-24)22(29)20-11-13-26-27-20)15-17-7-9-18(10-8-17)19-5-3-4-6-21(19)31-2/h3-11,13H,12,14-16H2,1-2H3,(H,25,30)(H,26,27). The van der Waals surface area contributed by atoms with Gasteiger partial charge in [-0.1, -0.05) is 42.5 Å². The van der Waals surface area contributed by atoms with Gasteiger partial charge in [0.25, 0.3) is 5.91 Å². The third-order valence-electron chi connectivity index (χ3n) is 6.00. The van der Waals surface area contributed by atoms with Gasteiger partial charge >= 0.3 is 0 Å². The van der Waals surface area contributed by atoms with Crippen LogP contribution in [0.4, 0.5) is 0 Å². The number of rotatable bonds is 6. The molecule has 2 heterocycles. The molecule has 0 bridgehead atoms.